The third kappa shape index (κ3) is 2.83. The summed E-state index contributed by atoms with van der Waals surface area (Å²) >= 11 is 1.74. The second kappa shape index (κ2) is 4.78. The molecule has 64 valence electrons. The largest absolute Gasteiger partial charge is 0.384 e. The number of hydrogen-bond acceptors (Lipinski definition) is 3. The minimum absolute atomic E-state index is 0.283. The summed E-state index contributed by atoms with van der Waals surface area (Å²) in [4.78, 5) is 11.1. The summed E-state index contributed by atoms with van der Waals surface area (Å²) < 4.78 is 4.90. The highest BCUT2D eigenvalue weighted by Gasteiger charge is 2.23. The van der Waals surface area contributed by atoms with E-state index in [2.05, 4.69) is 0 Å². The van der Waals surface area contributed by atoms with Gasteiger partial charge in [-0.15, -0.1) is 11.8 Å². The van der Waals surface area contributed by atoms with Crippen LogP contribution in [0.2, 0.25) is 0 Å². The molecule has 0 aromatic heterocycles. The average molecular weight is 174 g/mol. The van der Waals surface area contributed by atoms with E-state index >= 15 is 0 Å². The molecule has 0 N–H and O–H groups in total. The van der Waals surface area contributed by atoms with E-state index in [1.165, 1.54) is 0 Å². The Morgan fingerprint density at radius 1 is 1.73 bits per heavy atom. The Hall–Kier alpha value is -0.0200. The first-order valence-corrected chi connectivity index (χ1v) is 5.02. The highest BCUT2D eigenvalue weighted by Crippen LogP contribution is 2.26. The number of thioether (sulfide) groups is 1. The zero-order valence-electron chi connectivity index (χ0n) is 6.84. The smallest absolute Gasteiger partial charge is 0.145 e. The summed E-state index contributed by atoms with van der Waals surface area (Å²) in [6, 6.07) is 0. The zero-order valence-corrected chi connectivity index (χ0v) is 7.65. The average Bonchev–Trinajstić information content (AvgIpc) is 2.37. The van der Waals surface area contributed by atoms with Crippen molar-refractivity contribution in [1.82, 2.24) is 0 Å². The van der Waals surface area contributed by atoms with E-state index < -0.39 is 0 Å². The fraction of sp³-hybridized carbons (Fsp3) is 0.875. The third-order valence-electron chi connectivity index (χ3n) is 1.86. The number of carbonyl (C=O) groups excluding carboxylic acids is 1. The van der Waals surface area contributed by atoms with Gasteiger partial charge in [0.1, 0.15) is 5.78 Å². The highest BCUT2D eigenvalue weighted by atomic mass is 32.2. The van der Waals surface area contributed by atoms with Crippen LogP contribution < -0.4 is 0 Å². The van der Waals surface area contributed by atoms with Crippen molar-refractivity contribution in [2.45, 2.75) is 24.5 Å². The first-order chi connectivity index (χ1) is 5.34. The predicted molar refractivity (Wildman–Crippen MR) is 47.0 cm³/mol. The Morgan fingerprint density at radius 3 is 3.09 bits per heavy atom. The lowest BCUT2D eigenvalue weighted by molar-refractivity contribution is -0.116. The van der Waals surface area contributed by atoms with Gasteiger partial charge in [0.05, 0.1) is 11.9 Å². The lowest BCUT2D eigenvalue weighted by atomic mass is 10.3. The molecule has 0 heterocycles. The van der Waals surface area contributed by atoms with Gasteiger partial charge in [0.2, 0.25) is 0 Å². The van der Waals surface area contributed by atoms with Gasteiger partial charge in [-0.05, 0) is 12.8 Å². The molecule has 1 aliphatic carbocycles. The number of carbonyl (C=O) groups is 1. The van der Waals surface area contributed by atoms with Crippen LogP contribution in [-0.2, 0) is 9.53 Å². The van der Waals surface area contributed by atoms with E-state index in [0.29, 0.717) is 5.78 Å². The zero-order chi connectivity index (χ0) is 8.10. The first-order valence-electron chi connectivity index (χ1n) is 3.98. The molecule has 0 saturated heterocycles. The Labute approximate surface area is 71.7 Å². The summed E-state index contributed by atoms with van der Waals surface area (Å²) in [7, 11) is 1.69. The number of ether oxygens (including phenoxy) is 1. The van der Waals surface area contributed by atoms with Crippen molar-refractivity contribution in [3.05, 3.63) is 0 Å². The van der Waals surface area contributed by atoms with Crippen molar-refractivity contribution in [2.75, 3.05) is 19.5 Å². The summed E-state index contributed by atoms with van der Waals surface area (Å²) in [5.41, 5.74) is 0. The van der Waals surface area contributed by atoms with Crippen LogP contribution in [0.5, 0.6) is 0 Å². The standard InChI is InChI=1S/C8H14O2S/c1-10-5-6-11-8-4-2-3-7(8)9/h8H,2-6H2,1H3. The monoisotopic (exact) mass is 174 g/mol. The Morgan fingerprint density at radius 2 is 2.55 bits per heavy atom. The Kier molecular flexibility index (Phi) is 3.94. The molecule has 1 unspecified atom stereocenters. The summed E-state index contributed by atoms with van der Waals surface area (Å²) in [6.07, 6.45) is 2.96. The van der Waals surface area contributed by atoms with Crippen molar-refractivity contribution in [3.63, 3.8) is 0 Å². The van der Waals surface area contributed by atoms with Gasteiger partial charge in [-0.25, -0.2) is 0 Å². The van der Waals surface area contributed by atoms with E-state index in [0.717, 1.165) is 31.6 Å². The molecular formula is C8H14O2S. The van der Waals surface area contributed by atoms with Gasteiger partial charge in [-0.1, -0.05) is 0 Å². The number of methoxy groups -OCH3 is 1. The molecule has 1 fully saturated rings. The van der Waals surface area contributed by atoms with Crippen LogP contribution in [-0.4, -0.2) is 30.5 Å². The van der Waals surface area contributed by atoms with Gasteiger partial charge in [-0.3, -0.25) is 4.79 Å². The molecule has 0 bridgehead atoms. The van der Waals surface area contributed by atoms with Crippen LogP contribution in [0.3, 0.4) is 0 Å². The van der Waals surface area contributed by atoms with Crippen molar-refractivity contribution in [2.24, 2.45) is 0 Å². The van der Waals surface area contributed by atoms with E-state index in [4.69, 9.17) is 4.74 Å². The minimum atomic E-state index is 0.283. The van der Waals surface area contributed by atoms with Crippen LogP contribution in [0.1, 0.15) is 19.3 Å². The molecule has 0 radical (unpaired) electrons. The van der Waals surface area contributed by atoms with Gasteiger partial charge in [0, 0.05) is 19.3 Å². The van der Waals surface area contributed by atoms with Crippen LogP contribution in [0, 0.1) is 0 Å². The van der Waals surface area contributed by atoms with E-state index in [1.54, 1.807) is 18.9 Å². The van der Waals surface area contributed by atoms with Crippen molar-refractivity contribution in [1.29, 1.82) is 0 Å². The molecule has 0 aliphatic heterocycles. The Bertz CT molecular complexity index is 136. The fourth-order valence-electron chi connectivity index (χ4n) is 1.23. The van der Waals surface area contributed by atoms with Crippen LogP contribution >= 0.6 is 11.8 Å². The van der Waals surface area contributed by atoms with Gasteiger partial charge in [-0.2, -0.15) is 0 Å². The second-order valence-corrected chi connectivity index (χ2v) is 4.02. The third-order valence-corrected chi connectivity index (χ3v) is 3.16. The molecule has 1 saturated carbocycles. The summed E-state index contributed by atoms with van der Waals surface area (Å²) in [6.45, 7) is 0.758. The van der Waals surface area contributed by atoms with Crippen LogP contribution in [0.15, 0.2) is 0 Å². The van der Waals surface area contributed by atoms with E-state index in [1.807, 2.05) is 0 Å². The SMILES string of the molecule is COCCSC1CCCC1=O. The normalized spacial score (nSPS) is 24.5. The molecule has 11 heavy (non-hydrogen) atoms. The second-order valence-electron chi connectivity index (χ2n) is 2.71. The molecule has 0 aromatic rings. The summed E-state index contributed by atoms with van der Waals surface area (Å²) in [5, 5.41) is 0.283. The molecule has 0 aromatic carbocycles. The maximum absolute atomic E-state index is 11.1. The fourth-order valence-corrected chi connectivity index (χ4v) is 2.42. The maximum atomic E-state index is 11.1. The highest BCUT2D eigenvalue weighted by molar-refractivity contribution is 8.00. The molecule has 1 aliphatic rings. The molecule has 2 nitrogen and oxygen atoms in total. The lowest BCUT2D eigenvalue weighted by Gasteiger charge is -2.05. The lowest BCUT2D eigenvalue weighted by Crippen LogP contribution is -2.10. The van der Waals surface area contributed by atoms with Crippen molar-refractivity contribution in [3.8, 4) is 0 Å². The van der Waals surface area contributed by atoms with E-state index in [9.17, 15) is 4.79 Å². The first kappa shape index (κ1) is 9.07. The number of hydrogen-bond donors (Lipinski definition) is 0. The molecular weight excluding hydrogens is 160 g/mol. The molecule has 3 heteroatoms. The minimum Gasteiger partial charge on any atom is -0.384 e. The topological polar surface area (TPSA) is 26.3 Å². The molecule has 0 spiro atoms. The number of ketones is 1. The molecule has 1 atom stereocenters. The molecule has 0 amide bonds. The van der Waals surface area contributed by atoms with E-state index in [-0.39, 0.29) is 5.25 Å². The van der Waals surface area contributed by atoms with Gasteiger partial charge in [0.15, 0.2) is 0 Å². The van der Waals surface area contributed by atoms with Gasteiger partial charge in [0.25, 0.3) is 0 Å². The van der Waals surface area contributed by atoms with Crippen LogP contribution in [0.4, 0.5) is 0 Å². The number of Topliss-reactive ketones (excluding diaryl/α,β-unsaturated/α-hetero) is 1. The Balaban J connectivity index is 2.10. The van der Waals surface area contributed by atoms with Crippen molar-refractivity contribution < 1.29 is 9.53 Å². The maximum Gasteiger partial charge on any atom is 0.145 e. The summed E-state index contributed by atoms with van der Waals surface area (Å²) in [5.74, 6) is 1.39. The molecule has 1 rings (SSSR count). The van der Waals surface area contributed by atoms with Crippen LogP contribution in [0.25, 0.3) is 0 Å². The number of rotatable bonds is 4. The van der Waals surface area contributed by atoms with Gasteiger partial charge < -0.3 is 4.74 Å². The van der Waals surface area contributed by atoms with Crippen molar-refractivity contribution >= 4 is 17.5 Å². The quantitative estimate of drug-likeness (QED) is 0.604. The van der Waals surface area contributed by atoms with Gasteiger partial charge >= 0.3 is 0 Å². The predicted octanol–water partition coefficient (Wildman–Crippen LogP) is 1.49.